The molecule has 0 radical (unpaired) electrons. The second-order valence-corrected chi connectivity index (χ2v) is 6.31. The average Bonchev–Trinajstić information content (AvgIpc) is 2.57. The molecular formula is C20H25NO. The highest BCUT2D eigenvalue weighted by Gasteiger charge is 2.22. The summed E-state index contributed by atoms with van der Waals surface area (Å²) in [7, 11) is 1.74. The molecule has 0 aromatic heterocycles. The summed E-state index contributed by atoms with van der Waals surface area (Å²) in [5.74, 6) is 1.66. The van der Waals surface area contributed by atoms with E-state index in [0.29, 0.717) is 6.04 Å². The standard InChI is InChI=1S/C20H25NO/c1-15-8-13-20(22-2)19(14-15)21-18-11-9-17(10-12-18)16-6-4-3-5-7-16/h3-8,13-14,17-18,21H,9-12H2,1-2H3. The lowest BCUT2D eigenvalue weighted by atomic mass is 9.81. The molecule has 2 aromatic rings. The molecule has 3 rings (SSSR count). The van der Waals surface area contributed by atoms with Crippen molar-refractivity contribution in [1.82, 2.24) is 0 Å². The first-order chi connectivity index (χ1) is 10.8. The quantitative estimate of drug-likeness (QED) is 0.843. The van der Waals surface area contributed by atoms with Crippen molar-refractivity contribution in [3.05, 3.63) is 59.7 Å². The van der Waals surface area contributed by atoms with Gasteiger partial charge in [0.25, 0.3) is 0 Å². The van der Waals surface area contributed by atoms with Crippen LogP contribution in [0.25, 0.3) is 0 Å². The zero-order chi connectivity index (χ0) is 15.4. The number of hydrogen-bond acceptors (Lipinski definition) is 2. The van der Waals surface area contributed by atoms with Crippen molar-refractivity contribution in [3.8, 4) is 5.75 Å². The number of ether oxygens (including phenoxy) is 1. The third kappa shape index (κ3) is 3.44. The SMILES string of the molecule is COc1ccc(C)cc1NC1CCC(c2ccccc2)CC1. The maximum Gasteiger partial charge on any atom is 0.141 e. The van der Waals surface area contributed by atoms with Crippen LogP contribution in [0.3, 0.4) is 0 Å². The molecule has 0 aliphatic heterocycles. The third-order valence-electron chi connectivity index (χ3n) is 4.71. The average molecular weight is 295 g/mol. The first-order valence-electron chi connectivity index (χ1n) is 8.22. The summed E-state index contributed by atoms with van der Waals surface area (Å²) < 4.78 is 5.47. The number of aryl methyl sites for hydroxylation is 1. The molecule has 0 heterocycles. The minimum Gasteiger partial charge on any atom is -0.495 e. The third-order valence-corrected chi connectivity index (χ3v) is 4.71. The number of benzene rings is 2. The van der Waals surface area contributed by atoms with Gasteiger partial charge in [-0.15, -0.1) is 0 Å². The van der Waals surface area contributed by atoms with Gasteiger partial charge in [0.1, 0.15) is 5.75 Å². The van der Waals surface area contributed by atoms with Crippen LogP contribution >= 0.6 is 0 Å². The van der Waals surface area contributed by atoms with E-state index in [1.54, 1.807) is 7.11 Å². The minimum absolute atomic E-state index is 0.552. The second-order valence-electron chi connectivity index (χ2n) is 6.31. The van der Waals surface area contributed by atoms with Crippen LogP contribution in [-0.2, 0) is 0 Å². The number of hydrogen-bond donors (Lipinski definition) is 1. The van der Waals surface area contributed by atoms with E-state index in [9.17, 15) is 0 Å². The number of nitrogens with one attached hydrogen (secondary N) is 1. The zero-order valence-corrected chi connectivity index (χ0v) is 13.5. The van der Waals surface area contributed by atoms with E-state index in [2.05, 4.69) is 54.7 Å². The first kappa shape index (κ1) is 15.0. The predicted molar refractivity (Wildman–Crippen MR) is 92.8 cm³/mol. The van der Waals surface area contributed by atoms with Crippen molar-refractivity contribution in [2.45, 2.75) is 44.6 Å². The Hall–Kier alpha value is -1.96. The molecule has 0 spiro atoms. The van der Waals surface area contributed by atoms with Gasteiger partial charge in [0.2, 0.25) is 0 Å². The van der Waals surface area contributed by atoms with Gasteiger partial charge < -0.3 is 10.1 Å². The van der Waals surface area contributed by atoms with Crippen LogP contribution in [0.2, 0.25) is 0 Å². The summed E-state index contributed by atoms with van der Waals surface area (Å²) in [5.41, 5.74) is 3.89. The zero-order valence-electron chi connectivity index (χ0n) is 13.5. The van der Waals surface area contributed by atoms with Gasteiger partial charge in [-0.25, -0.2) is 0 Å². The summed E-state index contributed by atoms with van der Waals surface area (Å²) in [5, 5.41) is 3.69. The molecule has 1 N–H and O–H groups in total. The fourth-order valence-corrected chi connectivity index (χ4v) is 3.45. The maximum atomic E-state index is 5.47. The van der Waals surface area contributed by atoms with Crippen molar-refractivity contribution >= 4 is 5.69 Å². The van der Waals surface area contributed by atoms with Crippen LogP contribution in [0.1, 0.15) is 42.7 Å². The molecule has 1 saturated carbocycles. The Morgan fingerprint density at radius 2 is 1.68 bits per heavy atom. The van der Waals surface area contributed by atoms with E-state index in [0.717, 1.165) is 17.4 Å². The lowest BCUT2D eigenvalue weighted by Crippen LogP contribution is -2.25. The fourth-order valence-electron chi connectivity index (χ4n) is 3.45. The number of rotatable bonds is 4. The summed E-state index contributed by atoms with van der Waals surface area (Å²) in [4.78, 5) is 0. The molecule has 22 heavy (non-hydrogen) atoms. The first-order valence-corrected chi connectivity index (χ1v) is 8.22. The van der Waals surface area contributed by atoms with E-state index in [1.165, 1.54) is 36.8 Å². The Bertz CT molecular complexity index is 600. The molecule has 0 saturated heterocycles. The van der Waals surface area contributed by atoms with Crippen molar-refractivity contribution in [2.75, 3.05) is 12.4 Å². The largest absolute Gasteiger partial charge is 0.495 e. The van der Waals surface area contributed by atoms with Gasteiger partial charge in [-0.3, -0.25) is 0 Å². The molecular weight excluding hydrogens is 270 g/mol. The predicted octanol–water partition coefficient (Wildman–Crippen LogP) is 5.14. The molecule has 1 aliphatic carbocycles. The summed E-state index contributed by atoms with van der Waals surface area (Å²) in [6.07, 6.45) is 4.96. The van der Waals surface area contributed by atoms with E-state index in [4.69, 9.17) is 4.74 Å². The Morgan fingerprint density at radius 1 is 0.955 bits per heavy atom. The Labute approximate surface area is 133 Å². The molecule has 116 valence electrons. The van der Waals surface area contributed by atoms with Crippen LogP contribution in [0, 0.1) is 6.92 Å². The highest BCUT2D eigenvalue weighted by molar-refractivity contribution is 5.58. The van der Waals surface area contributed by atoms with Crippen molar-refractivity contribution in [2.24, 2.45) is 0 Å². The molecule has 2 nitrogen and oxygen atoms in total. The maximum absolute atomic E-state index is 5.47. The van der Waals surface area contributed by atoms with Crippen LogP contribution < -0.4 is 10.1 Å². The summed E-state index contributed by atoms with van der Waals surface area (Å²) in [6.45, 7) is 2.12. The molecule has 0 atom stereocenters. The van der Waals surface area contributed by atoms with E-state index in [-0.39, 0.29) is 0 Å². The smallest absolute Gasteiger partial charge is 0.141 e. The molecule has 2 aromatic carbocycles. The highest BCUT2D eigenvalue weighted by Crippen LogP contribution is 2.35. The van der Waals surface area contributed by atoms with Crippen LogP contribution in [0.15, 0.2) is 48.5 Å². The van der Waals surface area contributed by atoms with Crippen molar-refractivity contribution in [1.29, 1.82) is 0 Å². The molecule has 0 amide bonds. The van der Waals surface area contributed by atoms with Crippen LogP contribution in [0.5, 0.6) is 5.75 Å². The van der Waals surface area contributed by atoms with Crippen molar-refractivity contribution in [3.63, 3.8) is 0 Å². The fraction of sp³-hybridized carbons (Fsp3) is 0.400. The monoisotopic (exact) mass is 295 g/mol. The number of anilines is 1. The van der Waals surface area contributed by atoms with Gasteiger partial charge >= 0.3 is 0 Å². The topological polar surface area (TPSA) is 21.3 Å². The summed E-state index contributed by atoms with van der Waals surface area (Å²) in [6, 6.07) is 17.8. The highest BCUT2D eigenvalue weighted by atomic mass is 16.5. The molecule has 0 unspecified atom stereocenters. The molecule has 1 fully saturated rings. The lowest BCUT2D eigenvalue weighted by Gasteiger charge is -2.30. The summed E-state index contributed by atoms with van der Waals surface area (Å²) >= 11 is 0. The lowest BCUT2D eigenvalue weighted by molar-refractivity contribution is 0.402. The van der Waals surface area contributed by atoms with E-state index in [1.807, 2.05) is 6.07 Å². The van der Waals surface area contributed by atoms with Gasteiger partial charge in [-0.1, -0.05) is 36.4 Å². The van der Waals surface area contributed by atoms with Gasteiger partial charge in [0.05, 0.1) is 12.8 Å². The van der Waals surface area contributed by atoms with E-state index >= 15 is 0 Å². The van der Waals surface area contributed by atoms with Gasteiger partial charge in [-0.2, -0.15) is 0 Å². The van der Waals surface area contributed by atoms with Gasteiger partial charge in [0.15, 0.2) is 0 Å². The Kier molecular flexibility index (Phi) is 4.67. The second kappa shape index (κ2) is 6.87. The normalized spacial score (nSPS) is 21.4. The van der Waals surface area contributed by atoms with E-state index < -0.39 is 0 Å². The molecule has 1 aliphatic rings. The Morgan fingerprint density at radius 3 is 2.36 bits per heavy atom. The Balaban J connectivity index is 1.62. The van der Waals surface area contributed by atoms with Crippen molar-refractivity contribution < 1.29 is 4.74 Å². The minimum atomic E-state index is 0.552. The van der Waals surface area contributed by atoms with Crippen LogP contribution in [0.4, 0.5) is 5.69 Å². The van der Waals surface area contributed by atoms with Crippen LogP contribution in [-0.4, -0.2) is 13.2 Å². The molecule has 2 heteroatoms. The molecule has 0 bridgehead atoms. The number of methoxy groups -OCH3 is 1. The van der Waals surface area contributed by atoms with Gasteiger partial charge in [0, 0.05) is 6.04 Å². The van der Waals surface area contributed by atoms with Gasteiger partial charge in [-0.05, 0) is 61.8 Å².